The Balaban J connectivity index is 1.63. The average Bonchev–Trinajstić information content (AvgIpc) is 3.06. The Labute approximate surface area is 264 Å². The quantitative estimate of drug-likeness (QED) is 0.184. The van der Waals surface area contributed by atoms with Crippen LogP contribution in [0, 0.1) is 17.7 Å². The third-order valence-corrected chi connectivity index (χ3v) is 7.09. The molecule has 4 N–H and O–H groups in total. The largest absolute Gasteiger partial charge is 0.494 e. The van der Waals surface area contributed by atoms with E-state index in [0.717, 1.165) is 21.6 Å². The van der Waals surface area contributed by atoms with Gasteiger partial charge in [0.2, 0.25) is 5.95 Å². The van der Waals surface area contributed by atoms with Crippen molar-refractivity contribution in [1.29, 1.82) is 0 Å². The highest BCUT2D eigenvalue weighted by Gasteiger charge is 2.32. The molecule has 4 aromatic rings. The van der Waals surface area contributed by atoms with Gasteiger partial charge < -0.3 is 21.1 Å². The number of hydrogen-bond donors (Lipinski definition) is 3. The van der Waals surface area contributed by atoms with Crippen LogP contribution in [-0.4, -0.2) is 46.9 Å². The Kier molecular flexibility index (Phi) is 11.8. The number of pyridine rings is 1. The van der Waals surface area contributed by atoms with Gasteiger partial charge in [-0.25, -0.2) is 9.18 Å². The summed E-state index contributed by atoms with van der Waals surface area (Å²) in [7, 11) is 0. The zero-order chi connectivity index (χ0) is 33.1. The number of carbonyl (C=O) groups is 3. The second-order valence-corrected chi connectivity index (χ2v) is 10.3. The number of aromatic nitrogens is 1. The van der Waals surface area contributed by atoms with E-state index in [1.54, 1.807) is 36.4 Å². The molecule has 0 unspecified atom stereocenters. The first-order valence-corrected chi connectivity index (χ1v) is 14.6. The lowest BCUT2D eigenvalue weighted by molar-refractivity contribution is -0.130. The molecule has 0 fully saturated rings. The summed E-state index contributed by atoms with van der Waals surface area (Å²) in [6.07, 6.45) is 0.161. The molecule has 1 aromatic heterocycles. The van der Waals surface area contributed by atoms with Gasteiger partial charge in [-0.3, -0.25) is 14.5 Å². The lowest BCUT2D eigenvalue weighted by Gasteiger charge is -2.27. The fourth-order valence-electron chi connectivity index (χ4n) is 4.65. The third-order valence-electron chi connectivity index (χ3n) is 7.09. The van der Waals surface area contributed by atoms with Gasteiger partial charge in [0, 0.05) is 32.1 Å². The van der Waals surface area contributed by atoms with E-state index in [1.165, 1.54) is 0 Å². The highest BCUT2D eigenvalue weighted by Crippen LogP contribution is 2.17. The number of nitrogens with two attached hydrogens (primary N) is 1. The Morgan fingerprint density at radius 2 is 1.54 bits per heavy atom. The van der Waals surface area contributed by atoms with Crippen molar-refractivity contribution in [1.82, 2.24) is 20.5 Å². The molecule has 0 saturated carbocycles. The van der Waals surface area contributed by atoms with Crippen molar-refractivity contribution < 1.29 is 32.3 Å². The minimum absolute atomic E-state index is 0.0662. The van der Waals surface area contributed by atoms with Crippen LogP contribution in [0.25, 0.3) is 0 Å². The molecule has 0 radical (unpaired) electrons. The van der Waals surface area contributed by atoms with Gasteiger partial charge >= 0.3 is 6.03 Å². The van der Waals surface area contributed by atoms with Crippen LogP contribution in [0.1, 0.15) is 39.5 Å². The van der Waals surface area contributed by atoms with Gasteiger partial charge in [0.05, 0.1) is 12.2 Å². The molecule has 0 aliphatic heterocycles. The predicted octanol–water partition coefficient (Wildman–Crippen LogP) is 4.68. The van der Waals surface area contributed by atoms with Crippen molar-refractivity contribution in [2.45, 2.75) is 38.9 Å². The zero-order valence-corrected chi connectivity index (χ0v) is 25.1. The molecule has 240 valence electrons. The minimum atomic E-state index is -1.80. The minimum Gasteiger partial charge on any atom is -0.494 e. The molecular weight excluding hydrogens is 599 g/mol. The smallest absolute Gasteiger partial charge is 0.324 e. The molecule has 1 heterocycles. The van der Waals surface area contributed by atoms with Crippen molar-refractivity contribution in [2.75, 3.05) is 13.2 Å². The van der Waals surface area contributed by atoms with E-state index in [4.69, 9.17) is 10.5 Å². The molecule has 12 heteroatoms. The molecule has 0 saturated heterocycles. The van der Waals surface area contributed by atoms with Crippen molar-refractivity contribution in [3.63, 3.8) is 0 Å². The van der Waals surface area contributed by atoms with E-state index in [-0.39, 0.29) is 19.5 Å². The first kappa shape index (κ1) is 33.7. The van der Waals surface area contributed by atoms with Crippen LogP contribution >= 0.6 is 0 Å². The molecule has 9 nitrogen and oxygen atoms in total. The second kappa shape index (κ2) is 16.2. The summed E-state index contributed by atoms with van der Waals surface area (Å²) in [5.74, 6) is -6.39. The summed E-state index contributed by atoms with van der Waals surface area (Å²) in [5, 5.41) is 5.12. The molecule has 46 heavy (non-hydrogen) atoms. The van der Waals surface area contributed by atoms with E-state index < -0.39 is 47.2 Å². The van der Waals surface area contributed by atoms with Crippen LogP contribution in [0.5, 0.6) is 5.75 Å². The predicted molar refractivity (Wildman–Crippen MR) is 165 cm³/mol. The molecule has 0 spiro atoms. The number of benzene rings is 3. The van der Waals surface area contributed by atoms with Gasteiger partial charge in [-0.2, -0.15) is 13.8 Å². The zero-order valence-electron chi connectivity index (χ0n) is 25.1. The number of halogens is 3. The summed E-state index contributed by atoms with van der Waals surface area (Å²) in [6, 6.07) is 21.4. The fourth-order valence-corrected chi connectivity index (χ4v) is 4.65. The third kappa shape index (κ3) is 9.14. The van der Waals surface area contributed by atoms with E-state index >= 15 is 0 Å². The van der Waals surface area contributed by atoms with Gasteiger partial charge in [0.15, 0.2) is 5.82 Å². The van der Waals surface area contributed by atoms with Crippen LogP contribution in [0.2, 0.25) is 0 Å². The van der Waals surface area contributed by atoms with Crippen LogP contribution in [0.4, 0.5) is 18.0 Å². The normalized spacial score (nSPS) is 11.4. The standard InChI is InChI=1S/C34H34F3N5O4/c1-2-46-26-14-12-23(13-15-26)18-28(40-32(43)27-19-29(35)41-31(37)30(27)36)33(44)42(17-16-22-6-4-3-5-7-22)34(45)39-21-25-10-8-24(20-38)9-11-25/h3-15,19,28H,2,16-18,20-21,38H2,1H3,(H,39,45)(H,40,43)/t28-/m1/s1. The summed E-state index contributed by atoms with van der Waals surface area (Å²) in [4.78, 5) is 44.5. The molecule has 0 aliphatic carbocycles. The van der Waals surface area contributed by atoms with Gasteiger partial charge in [-0.15, -0.1) is 0 Å². The van der Waals surface area contributed by atoms with Gasteiger partial charge in [0.1, 0.15) is 11.8 Å². The van der Waals surface area contributed by atoms with Crippen molar-refractivity contribution in [2.24, 2.45) is 5.73 Å². The molecule has 3 aromatic carbocycles. The fraction of sp³-hybridized carbons (Fsp3) is 0.235. The summed E-state index contributed by atoms with van der Waals surface area (Å²) < 4.78 is 47.6. The maximum absolute atomic E-state index is 14.5. The van der Waals surface area contributed by atoms with Gasteiger partial charge in [-0.05, 0) is 47.7 Å². The Morgan fingerprint density at radius 3 is 2.20 bits per heavy atom. The Morgan fingerprint density at radius 1 is 0.891 bits per heavy atom. The molecule has 4 rings (SSSR count). The summed E-state index contributed by atoms with van der Waals surface area (Å²) in [5.41, 5.74) is 7.78. The molecule has 1 atom stereocenters. The first-order valence-electron chi connectivity index (χ1n) is 14.6. The number of nitrogens with one attached hydrogen (secondary N) is 2. The van der Waals surface area contributed by atoms with Crippen molar-refractivity contribution in [3.05, 3.63) is 130 Å². The average molecular weight is 634 g/mol. The van der Waals surface area contributed by atoms with Gasteiger partial charge in [-0.1, -0.05) is 66.7 Å². The van der Waals surface area contributed by atoms with E-state index in [0.29, 0.717) is 37.0 Å². The van der Waals surface area contributed by atoms with E-state index in [1.807, 2.05) is 49.4 Å². The molecule has 0 bridgehead atoms. The highest BCUT2D eigenvalue weighted by molar-refractivity contribution is 6.01. The second-order valence-electron chi connectivity index (χ2n) is 10.3. The van der Waals surface area contributed by atoms with Crippen molar-refractivity contribution >= 4 is 17.8 Å². The molecular formula is C34H34F3N5O4. The Hall–Kier alpha value is -5.23. The SMILES string of the molecule is CCOc1ccc(C[C@@H](NC(=O)c2cc(F)nc(F)c2F)C(=O)N(CCc2ccccc2)C(=O)NCc2ccc(CN)cc2)cc1. The number of hydrogen-bond acceptors (Lipinski definition) is 6. The summed E-state index contributed by atoms with van der Waals surface area (Å²) >= 11 is 0. The monoisotopic (exact) mass is 633 g/mol. The van der Waals surface area contributed by atoms with Crippen LogP contribution in [0.15, 0.2) is 84.9 Å². The molecule has 0 aliphatic rings. The number of amides is 4. The number of urea groups is 1. The Bertz CT molecular complexity index is 1640. The first-order chi connectivity index (χ1) is 22.2. The van der Waals surface area contributed by atoms with Gasteiger partial charge in [0.25, 0.3) is 17.8 Å². The van der Waals surface area contributed by atoms with E-state index in [2.05, 4.69) is 15.6 Å². The maximum Gasteiger partial charge on any atom is 0.324 e. The number of ether oxygens (including phenoxy) is 1. The lowest BCUT2D eigenvalue weighted by Crippen LogP contribution is -2.54. The van der Waals surface area contributed by atoms with Crippen LogP contribution < -0.4 is 21.1 Å². The van der Waals surface area contributed by atoms with Crippen LogP contribution in [0.3, 0.4) is 0 Å². The molecule has 4 amide bonds. The van der Waals surface area contributed by atoms with E-state index in [9.17, 15) is 27.6 Å². The maximum atomic E-state index is 14.5. The number of imide groups is 1. The van der Waals surface area contributed by atoms with Crippen LogP contribution in [-0.2, 0) is 30.7 Å². The number of carbonyl (C=O) groups excluding carboxylic acids is 3. The number of nitrogens with zero attached hydrogens (tertiary/aromatic N) is 2. The summed E-state index contributed by atoms with van der Waals surface area (Å²) in [6.45, 7) is 2.65. The number of rotatable bonds is 13. The lowest BCUT2D eigenvalue weighted by atomic mass is 10.0. The van der Waals surface area contributed by atoms with Crippen molar-refractivity contribution in [3.8, 4) is 5.75 Å². The topological polar surface area (TPSA) is 127 Å². The highest BCUT2D eigenvalue weighted by atomic mass is 19.2.